The van der Waals surface area contributed by atoms with E-state index in [0.717, 1.165) is 13.0 Å². The predicted octanol–water partition coefficient (Wildman–Crippen LogP) is 1.58. The molecular weight excluding hydrogens is 174 g/mol. The predicted molar refractivity (Wildman–Crippen MR) is 58.9 cm³/mol. The lowest BCUT2D eigenvalue weighted by Gasteiger charge is -2.17. The van der Waals surface area contributed by atoms with Gasteiger partial charge in [0.05, 0.1) is 6.20 Å². The van der Waals surface area contributed by atoms with Crippen LogP contribution in [-0.4, -0.2) is 16.3 Å². The van der Waals surface area contributed by atoms with Crippen molar-refractivity contribution in [2.75, 3.05) is 6.54 Å². The molecule has 0 aromatic carbocycles. The summed E-state index contributed by atoms with van der Waals surface area (Å²) >= 11 is 0. The van der Waals surface area contributed by atoms with Gasteiger partial charge >= 0.3 is 0 Å². The quantitative estimate of drug-likeness (QED) is 0.775. The van der Waals surface area contributed by atoms with Crippen molar-refractivity contribution >= 4 is 0 Å². The fourth-order valence-corrected chi connectivity index (χ4v) is 1.68. The summed E-state index contributed by atoms with van der Waals surface area (Å²) in [7, 11) is 1.95. The first-order valence-corrected chi connectivity index (χ1v) is 5.31. The van der Waals surface area contributed by atoms with E-state index in [1.807, 2.05) is 17.9 Å². The SMILES string of the molecule is CC(C)C(CN)CCc1cnn(C)c1. The number of hydrogen-bond acceptors (Lipinski definition) is 2. The molecule has 14 heavy (non-hydrogen) atoms. The molecule has 80 valence electrons. The van der Waals surface area contributed by atoms with Crippen molar-refractivity contribution < 1.29 is 0 Å². The average molecular weight is 195 g/mol. The van der Waals surface area contributed by atoms with Crippen molar-refractivity contribution in [3.05, 3.63) is 18.0 Å². The van der Waals surface area contributed by atoms with Crippen LogP contribution in [0.2, 0.25) is 0 Å². The molecular formula is C11H21N3. The lowest BCUT2D eigenvalue weighted by Crippen LogP contribution is -2.20. The van der Waals surface area contributed by atoms with Crippen LogP contribution >= 0.6 is 0 Å². The molecule has 1 heterocycles. The number of nitrogens with zero attached hydrogens (tertiary/aromatic N) is 2. The molecule has 3 heteroatoms. The van der Waals surface area contributed by atoms with Crippen LogP contribution in [0.3, 0.4) is 0 Å². The van der Waals surface area contributed by atoms with Crippen molar-refractivity contribution in [1.82, 2.24) is 9.78 Å². The number of nitrogens with two attached hydrogens (primary N) is 1. The van der Waals surface area contributed by atoms with Gasteiger partial charge in [-0.2, -0.15) is 5.10 Å². The van der Waals surface area contributed by atoms with Crippen molar-refractivity contribution in [3.63, 3.8) is 0 Å². The number of aryl methyl sites for hydroxylation is 2. The van der Waals surface area contributed by atoms with E-state index in [-0.39, 0.29) is 0 Å². The Labute approximate surface area is 86.3 Å². The van der Waals surface area contributed by atoms with Crippen molar-refractivity contribution in [3.8, 4) is 0 Å². The maximum absolute atomic E-state index is 5.72. The van der Waals surface area contributed by atoms with Gasteiger partial charge in [0.15, 0.2) is 0 Å². The standard InChI is InChI=1S/C11H21N3/c1-9(2)11(6-12)5-4-10-7-13-14(3)8-10/h7-9,11H,4-6,12H2,1-3H3. The first-order valence-electron chi connectivity index (χ1n) is 5.31. The molecule has 2 N–H and O–H groups in total. The maximum atomic E-state index is 5.72. The molecule has 1 atom stereocenters. The van der Waals surface area contributed by atoms with Gasteiger partial charge in [0.1, 0.15) is 0 Å². The summed E-state index contributed by atoms with van der Waals surface area (Å²) < 4.78 is 1.85. The van der Waals surface area contributed by atoms with Crippen molar-refractivity contribution in [2.45, 2.75) is 26.7 Å². The molecule has 0 saturated heterocycles. The van der Waals surface area contributed by atoms with Gasteiger partial charge in [-0.15, -0.1) is 0 Å². The van der Waals surface area contributed by atoms with Gasteiger partial charge in [-0.3, -0.25) is 4.68 Å². The first kappa shape index (κ1) is 11.2. The van der Waals surface area contributed by atoms with Crippen LogP contribution in [0.5, 0.6) is 0 Å². The normalized spacial score (nSPS) is 13.5. The molecule has 0 amide bonds. The van der Waals surface area contributed by atoms with Crippen LogP contribution in [0.4, 0.5) is 0 Å². The van der Waals surface area contributed by atoms with E-state index < -0.39 is 0 Å². The van der Waals surface area contributed by atoms with E-state index in [2.05, 4.69) is 25.1 Å². The minimum Gasteiger partial charge on any atom is -0.330 e. The molecule has 1 aromatic heterocycles. The van der Waals surface area contributed by atoms with Gasteiger partial charge in [-0.1, -0.05) is 13.8 Å². The van der Waals surface area contributed by atoms with E-state index in [0.29, 0.717) is 11.8 Å². The van der Waals surface area contributed by atoms with E-state index in [1.165, 1.54) is 12.0 Å². The Morgan fingerprint density at radius 2 is 2.21 bits per heavy atom. The topological polar surface area (TPSA) is 43.8 Å². The molecule has 3 nitrogen and oxygen atoms in total. The smallest absolute Gasteiger partial charge is 0.0521 e. The third-order valence-electron chi connectivity index (χ3n) is 2.81. The fraction of sp³-hybridized carbons (Fsp3) is 0.727. The second-order valence-corrected chi connectivity index (χ2v) is 4.30. The molecule has 1 rings (SSSR count). The number of rotatable bonds is 5. The minimum absolute atomic E-state index is 0.634. The number of aromatic nitrogens is 2. The zero-order valence-corrected chi connectivity index (χ0v) is 9.40. The lowest BCUT2D eigenvalue weighted by atomic mass is 9.90. The summed E-state index contributed by atoms with van der Waals surface area (Å²) in [4.78, 5) is 0. The third kappa shape index (κ3) is 3.14. The van der Waals surface area contributed by atoms with Crippen LogP contribution in [-0.2, 0) is 13.5 Å². The molecule has 0 radical (unpaired) electrons. The van der Waals surface area contributed by atoms with E-state index in [9.17, 15) is 0 Å². The highest BCUT2D eigenvalue weighted by molar-refractivity contribution is 5.03. The van der Waals surface area contributed by atoms with Crippen molar-refractivity contribution in [2.24, 2.45) is 24.6 Å². The first-order chi connectivity index (χ1) is 6.63. The molecule has 0 aliphatic carbocycles. The summed E-state index contributed by atoms with van der Waals surface area (Å²) in [5.74, 6) is 1.31. The zero-order valence-electron chi connectivity index (χ0n) is 9.40. The van der Waals surface area contributed by atoms with Gasteiger partial charge < -0.3 is 5.73 Å². The summed E-state index contributed by atoms with van der Waals surface area (Å²) in [5, 5.41) is 4.15. The summed E-state index contributed by atoms with van der Waals surface area (Å²) in [6, 6.07) is 0. The van der Waals surface area contributed by atoms with Gasteiger partial charge in [-0.05, 0) is 36.8 Å². The monoisotopic (exact) mass is 195 g/mol. The highest BCUT2D eigenvalue weighted by atomic mass is 15.2. The van der Waals surface area contributed by atoms with Gasteiger partial charge in [0, 0.05) is 13.2 Å². The maximum Gasteiger partial charge on any atom is 0.0521 e. The molecule has 1 aromatic rings. The largest absolute Gasteiger partial charge is 0.330 e. The Kier molecular flexibility index (Phi) is 4.14. The van der Waals surface area contributed by atoms with E-state index >= 15 is 0 Å². The average Bonchev–Trinajstić information content (AvgIpc) is 2.52. The van der Waals surface area contributed by atoms with Gasteiger partial charge in [0.25, 0.3) is 0 Å². The second-order valence-electron chi connectivity index (χ2n) is 4.30. The van der Waals surface area contributed by atoms with E-state index in [4.69, 9.17) is 5.73 Å². The Bertz CT molecular complexity index is 265. The Hall–Kier alpha value is -0.830. The van der Waals surface area contributed by atoms with Crippen molar-refractivity contribution in [1.29, 1.82) is 0 Å². The van der Waals surface area contributed by atoms with Crippen LogP contribution in [0.15, 0.2) is 12.4 Å². The molecule has 1 unspecified atom stereocenters. The summed E-state index contributed by atoms with van der Waals surface area (Å²) in [5.41, 5.74) is 7.03. The Balaban J connectivity index is 2.39. The molecule has 0 saturated carbocycles. The highest BCUT2D eigenvalue weighted by Crippen LogP contribution is 2.16. The highest BCUT2D eigenvalue weighted by Gasteiger charge is 2.11. The fourth-order valence-electron chi connectivity index (χ4n) is 1.68. The Morgan fingerprint density at radius 3 is 2.64 bits per heavy atom. The van der Waals surface area contributed by atoms with Crippen LogP contribution < -0.4 is 5.73 Å². The molecule has 0 aliphatic heterocycles. The number of hydrogen-bond donors (Lipinski definition) is 1. The second kappa shape index (κ2) is 5.15. The van der Waals surface area contributed by atoms with E-state index in [1.54, 1.807) is 0 Å². The lowest BCUT2D eigenvalue weighted by molar-refractivity contribution is 0.369. The van der Waals surface area contributed by atoms with Crippen LogP contribution in [0.1, 0.15) is 25.8 Å². The minimum atomic E-state index is 0.634. The zero-order chi connectivity index (χ0) is 10.6. The molecule has 0 bridgehead atoms. The van der Waals surface area contributed by atoms with Gasteiger partial charge in [0.2, 0.25) is 0 Å². The van der Waals surface area contributed by atoms with Crippen LogP contribution in [0, 0.1) is 11.8 Å². The van der Waals surface area contributed by atoms with Crippen LogP contribution in [0.25, 0.3) is 0 Å². The summed E-state index contributed by atoms with van der Waals surface area (Å²) in [6.45, 7) is 5.26. The summed E-state index contributed by atoms with van der Waals surface area (Å²) in [6.07, 6.45) is 6.27. The van der Waals surface area contributed by atoms with Gasteiger partial charge in [-0.25, -0.2) is 0 Å². The molecule has 0 aliphatic rings. The molecule has 0 spiro atoms. The Morgan fingerprint density at radius 1 is 1.50 bits per heavy atom. The molecule has 0 fully saturated rings. The third-order valence-corrected chi connectivity index (χ3v) is 2.81.